The molecule has 0 radical (unpaired) electrons. The summed E-state index contributed by atoms with van der Waals surface area (Å²) in [7, 11) is -8.67. The molecule has 0 saturated carbocycles. The van der Waals surface area contributed by atoms with Gasteiger partial charge in [-0.3, -0.25) is 0 Å². The normalized spacial score (nSPS) is 10.3. The van der Waals surface area contributed by atoms with Crippen LogP contribution in [0.4, 0.5) is 0 Å². The molecule has 0 aliphatic rings. The number of nitrogens with zero attached hydrogens (tertiary/aromatic N) is 12. The van der Waals surface area contributed by atoms with E-state index in [-0.39, 0.29) is 0 Å². The first-order chi connectivity index (χ1) is 65.1. The van der Waals surface area contributed by atoms with Gasteiger partial charge in [0.2, 0.25) is 0 Å². The van der Waals surface area contributed by atoms with Crippen LogP contribution in [0.5, 0.6) is 0 Å². The maximum Gasteiger partial charge on any atom is 0.631 e. The highest BCUT2D eigenvalue weighted by atomic mass is 16.5. The fraction of sp³-hybridized carbons (Fsp3) is 1.00. The van der Waals surface area contributed by atoms with Crippen LogP contribution in [0.25, 0.3) is 0 Å². The Hall–Kier alpha value is -0.700. The monoisotopic (exact) mass is 1970 g/mol. The van der Waals surface area contributed by atoms with Crippen LogP contribution in [-0.4, -0.2) is 384 Å². The van der Waals surface area contributed by atoms with E-state index in [2.05, 4.69) is 308 Å². The minimum Gasteiger partial charge on any atom is -0.402 e. The summed E-state index contributed by atoms with van der Waals surface area (Å²) >= 11 is 0. The van der Waals surface area contributed by atoms with Gasteiger partial charge in [0.1, 0.15) is 0 Å². The third kappa shape index (κ3) is 203. The molecule has 0 aromatic heterocycles. The van der Waals surface area contributed by atoms with Crippen LogP contribution >= 0.6 is 0 Å². The molecule has 136 heavy (non-hydrogen) atoms. The van der Waals surface area contributed by atoms with Crippen LogP contribution in [-0.2, 0) is 0 Å². The Bertz CT molecular complexity index is 1200. The summed E-state index contributed by atoms with van der Waals surface area (Å²) in [4.78, 5) is 30.5. The molecular weight excluding hydrogens is 1700 g/mol. The van der Waals surface area contributed by atoms with Crippen molar-refractivity contribution < 1.29 is 60.3 Å². The van der Waals surface area contributed by atoms with Gasteiger partial charge in [-0.2, -0.15) is 0 Å². The Morgan fingerprint density at radius 2 is 0.103 bits per heavy atom. The van der Waals surface area contributed by atoms with Crippen molar-refractivity contribution in [1.29, 1.82) is 0 Å². The highest BCUT2D eigenvalue weighted by molar-refractivity contribution is 6.31. The van der Waals surface area contributed by atoms with Gasteiger partial charge < -0.3 is 119 Å². The fourth-order valence-electron chi connectivity index (χ4n) is 15.4. The molecule has 0 heterocycles. The van der Waals surface area contributed by atoms with E-state index in [1.165, 1.54) is 467 Å². The third-order valence-electron chi connectivity index (χ3n) is 19.4. The minimum absolute atomic E-state index is 1.28. The van der Waals surface area contributed by atoms with E-state index in [9.17, 15) is 0 Å². The van der Waals surface area contributed by atoms with Crippen LogP contribution in [0.15, 0.2) is 0 Å². The molecular formula is C108H264B4N12O12. The third-order valence-corrected chi connectivity index (χ3v) is 19.4. The molecule has 0 bridgehead atoms. The lowest BCUT2D eigenvalue weighted by atomic mass is 10.3. The lowest BCUT2D eigenvalue weighted by molar-refractivity contribution is 0.275. The number of hydrogen-bond donors (Lipinski definition) is 12. The molecule has 0 amide bonds. The summed E-state index contributed by atoms with van der Waals surface area (Å²) < 4.78 is 0. The molecule has 0 atom stereocenters. The topological polar surface area (TPSA) is 282 Å². The van der Waals surface area contributed by atoms with Crippen LogP contribution in [0, 0.1) is 0 Å². The first kappa shape index (κ1) is 171. The van der Waals surface area contributed by atoms with E-state index < -0.39 is 29.3 Å². The van der Waals surface area contributed by atoms with E-state index in [0.29, 0.717) is 0 Å². The Balaban J connectivity index is -0.0000000813. The second-order valence-corrected chi connectivity index (χ2v) is 35.5. The molecule has 0 spiro atoms. The molecule has 24 nitrogen and oxygen atoms in total. The number of rotatable bonds is 72. The van der Waals surface area contributed by atoms with Crippen molar-refractivity contribution in [2.45, 2.75) is 480 Å². The standard InChI is InChI=1S/12C9H21N.4BH3O3/c12*1-4-7-10(8-5-2)9-6-3;4*2-1(3)4/h12*4-9H2,1-3H3;4*2-4H. The predicted molar refractivity (Wildman–Crippen MR) is 617 cm³/mol. The van der Waals surface area contributed by atoms with Crippen LogP contribution in [0.3, 0.4) is 0 Å². The first-order valence-corrected chi connectivity index (χ1v) is 57.9. The molecule has 0 rings (SSSR count). The summed E-state index contributed by atoms with van der Waals surface area (Å²) in [6.07, 6.45) is 46.5. The van der Waals surface area contributed by atoms with Gasteiger partial charge >= 0.3 is 29.3 Å². The molecule has 0 saturated heterocycles. The van der Waals surface area contributed by atoms with Gasteiger partial charge in [-0.15, -0.1) is 0 Å². The highest BCUT2D eigenvalue weighted by Crippen LogP contribution is 2.04. The second kappa shape index (κ2) is 168. The summed E-state index contributed by atoms with van der Waals surface area (Å²) in [5.74, 6) is 0. The van der Waals surface area contributed by atoms with Crippen LogP contribution in [0.2, 0.25) is 0 Å². The molecule has 0 aliphatic heterocycles. The smallest absolute Gasteiger partial charge is 0.402 e. The van der Waals surface area contributed by atoms with Gasteiger partial charge in [0.25, 0.3) is 0 Å². The molecule has 0 fully saturated rings. The Morgan fingerprint density at radius 3 is 0.118 bits per heavy atom. The largest absolute Gasteiger partial charge is 0.631 e. The summed E-state index contributed by atoms with van der Waals surface area (Å²) in [5, 5.41) is 86.0. The van der Waals surface area contributed by atoms with Crippen LogP contribution in [0.1, 0.15) is 480 Å². The summed E-state index contributed by atoms with van der Waals surface area (Å²) in [6.45, 7) is 127. The number of hydrogen-bond acceptors (Lipinski definition) is 24. The van der Waals surface area contributed by atoms with Crippen molar-refractivity contribution >= 4 is 29.3 Å². The summed E-state index contributed by atoms with van der Waals surface area (Å²) in [5.41, 5.74) is 0. The van der Waals surface area contributed by atoms with E-state index in [4.69, 9.17) is 60.3 Å². The van der Waals surface area contributed by atoms with Crippen LogP contribution < -0.4 is 0 Å². The predicted octanol–water partition coefficient (Wildman–Crippen LogP) is 22.0. The second-order valence-electron chi connectivity index (χ2n) is 35.5. The lowest BCUT2D eigenvalue weighted by Crippen LogP contribution is -2.26. The van der Waals surface area contributed by atoms with E-state index in [1.807, 2.05) is 0 Å². The SMILES string of the molecule is CCCN(CCC)CCC.CCCN(CCC)CCC.CCCN(CCC)CCC.CCCN(CCC)CCC.CCCN(CCC)CCC.CCCN(CCC)CCC.CCCN(CCC)CCC.CCCN(CCC)CCC.CCCN(CCC)CCC.CCCN(CCC)CCC.CCCN(CCC)CCC.CCCN(CCC)CCC.OB(O)O.OB(O)O.OB(O)O.OB(O)O. The fourth-order valence-corrected chi connectivity index (χ4v) is 15.4. The first-order valence-electron chi connectivity index (χ1n) is 57.9. The van der Waals surface area contributed by atoms with Gasteiger partial charge in [-0.25, -0.2) is 0 Å². The van der Waals surface area contributed by atoms with Gasteiger partial charge in [0, 0.05) is 0 Å². The lowest BCUT2D eigenvalue weighted by Gasteiger charge is -2.19. The van der Waals surface area contributed by atoms with Gasteiger partial charge in [-0.1, -0.05) is 249 Å². The minimum atomic E-state index is -2.17. The van der Waals surface area contributed by atoms with Gasteiger partial charge in [0.05, 0.1) is 0 Å². The van der Waals surface area contributed by atoms with Crippen molar-refractivity contribution in [3.63, 3.8) is 0 Å². The van der Waals surface area contributed by atoms with Crippen molar-refractivity contribution in [3.05, 3.63) is 0 Å². The Labute approximate surface area is 859 Å². The molecule has 12 N–H and O–H groups in total. The van der Waals surface area contributed by atoms with E-state index in [0.717, 1.165) is 0 Å². The van der Waals surface area contributed by atoms with Gasteiger partial charge in [0.15, 0.2) is 0 Å². The van der Waals surface area contributed by atoms with Crippen molar-refractivity contribution in [2.75, 3.05) is 236 Å². The zero-order valence-electron chi connectivity index (χ0n) is 100.0. The quantitative estimate of drug-likeness (QED) is 0.0252. The van der Waals surface area contributed by atoms with E-state index >= 15 is 0 Å². The summed E-state index contributed by atoms with van der Waals surface area (Å²) in [6, 6.07) is 0. The molecule has 0 aromatic rings. The average Bonchev–Trinajstić information content (AvgIpc) is 1.13. The van der Waals surface area contributed by atoms with Crippen molar-refractivity contribution in [3.8, 4) is 0 Å². The zero-order valence-corrected chi connectivity index (χ0v) is 100.0. The van der Waals surface area contributed by atoms with Crippen molar-refractivity contribution in [1.82, 2.24) is 58.8 Å². The molecule has 28 heteroatoms. The zero-order chi connectivity index (χ0) is 108. The Kier molecular flexibility index (Phi) is 211. The molecule has 840 valence electrons. The molecule has 0 aromatic carbocycles. The highest BCUT2D eigenvalue weighted by Gasteiger charge is 2.08. The van der Waals surface area contributed by atoms with Gasteiger partial charge in [-0.05, 0) is 467 Å². The molecule has 0 unspecified atom stereocenters. The van der Waals surface area contributed by atoms with E-state index in [1.54, 1.807) is 0 Å². The maximum absolute atomic E-state index is 7.17. The average molecular weight is 1970 g/mol. The Morgan fingerprint density at radius 1 is 0.0809 bits per heavy atom. The molecule has 0 aliphatic carbocycles. The van der Waals surface area contributed by atoms with Crippen molar-refractivity contribution in [2.24, 2.45) is 0 Å². The maximum atomic E-state index is 7.17.